The molecule has 0 unspecified atom stereocenters. The minimum Gasteiger partial charge on any atom is -0.344 e. The number of fused-ring (bicyclic) bond motifs is 1. The van der Waals surface area contributed by atoms with Crippen molar-refractivity contribution >= 4 is 0 Å². The van der Waals surface area contributed by atoms with E-state index in [0.717, 1.165) is 13.1 Å². The van der Waals surface area contributed by atoms with Crippen molar-refractivity contribution in [3.8, 4) is 0 Å². The molecule has 1 atom stereocenters. The molecule has 2 heterocycles. The van der Waals surface area contributed by atoms with Gasteiger partial charge in [0.1, 0.15) is 0 Å². The Kier molecular flexibility index (Phi) is 1.50. The molecule has 11 heavy (non-hydrogen) atoms. The van der Waals surface area contributed by atoms with Crippen LogP contribution in [0.5, 0.6) is 0 Å². The van der Waals surface area contributed by atoms with Gasteiger partial charge >= 0.3 is 0 Å². The first-order valence-corrected chi connectivity index (χ1v) is 4.16. The van der Waals surface area contributed by atoms with E-state index in [2.05, 4.69) is 35.9 Å². The highest BCUT2D eigenvalue weighted by atomic mass is 15.1. The molecule has 0 fully saturated rings. The molecule has 1 N–H and O–H groups in total. The van der Waals surface area contributed by atoms with Crippen molar-refractivity contribution in [2.45, 2.75) is 26.4 Å². The number of nitrogens with one attached hydrogen (secondary N) is 1. The predicted octanol–water partition coefficient (Wildman–Crippen LogP) is 1.46. The molecule has 0 saturated heterocycles. The van der Waals surface area contributed by atoms with Crippen LogP contribution < -0.4 is 5.32 Å². The Morgan fingerprint density at radius 2 is 2.36 bits per heavy atom. The summed E-state index contributed by atoms with van der Waals surface area (Å²) in [6.07, 6.45) is 0. The second-order valence-electron chi connectivity index (χ2n) is 3.32. The van der Waals surface area contributed by atoms with Crippen LogP contribution in [0, 0.1) is 6.92 Å². The van der Waals surface area contributed by atoms with Crippen LogP contribution in [-0.2, 0) is 6.54 Å². The van der Waals surface area contributed by atoms with Gasteiger partial charge in [-0.3, -0.25) is 0 Å². The van der Waals surface area contributed by atoms with Gasteiger partial charge in [0.15, 0.2) is 0 Å². The molecule has 0 radical (unpaired) electrons. The quantitative estimate of drug-likeness (QED) is 0.592. The lowest BCUT2D eigenvalue weighted by molar-refractivity contribution is 0.423. The number of rotatable bonds is 0. The molecule has 1 aromatic rings. The van der Waals surface area contributed by atoms with Gasteiger partial charge in [-0.25, -0.2) is 0 Å². The molecule has 0 aliphatic carbocycles. The Labute approximate surface area is 67.2 Å². The summed E-state index contributed by atoms with van der Waals surface area (Å²) in [6, 6.07) is 5.02. The van der Waals surface area contributed by atoms with E-state index in [9.17, 15) is 0 Å². The highest BCUT2D eigenvalue weighted by Crippen LogP contribution is 2.18. The van der Waals surface area contributed by atoms with Crippen LogP contribution in [-0.4, -0.2) is 11.1 Å². The number of nitrogens with zero attached hydrogens (tertiary/aromatic N) is 1. The average Bonchev–Trinajstić information content (AvgIpc) is 2.34. The van der Waals surface area contributed by atoms with Gasteiger partial charge in [-0.1, -0.05) is 0 Å². The van der Waals surface area contributed by atoms with E-state index in [-0.39, 0.29) is 0 Å². The van der Waals surface area contributed by atoms with E-state index in [1.165, 1.54) is 11.4 Å². The molecule has 1 aliphatic heterocycles. The third kappa shape index (κ3) is 0.979. The van der Waals surface area contributed by atoms with E-state index in [1.807, 2.05) is 0 Å². The van der Waals surface area contributed by atoms with Crippen molar-refractivity contribution in [3.63, 3.8) is 0 Å². The maximum absolute atomic E-state index is 3.38. The summed E-state index contributed by atoms with van der Waals surface area (Å²) in [7, 11) is 0. The minimum absolute atomic E-state index is 0.619. The standard InChI is InChI=1S/C9H14N2/c1-7-3-4-9-6-10-5-8(2)11(7)9/h3-4,8,10H,5-6H2,1-2H3/t8-/m0/s1. The summed E-state index contributed by atoms with van der Waals surface area (Å²) >= 11 is 0. The van der Waals surface area contributed by atoms with Crippen LogP contribution in [0.25, 0.3) is 0 Å². The maximum Gasteiger partial charge on any atom is 0.0432 e. The zero-order valence-electron chi connectivity index (χ0n) is 7.09. The van der Waals surface area contributed by atoms with E-state index in [4.69, 9.17) is 0 Å². The molecular weight excluding hydrogens is 136 g/mol. The smallest absolute Gasteiger partial charge is 0.0432 e. The predicted molar refractivity (Wildman–Crippen MR) is 45.6 cm³/mol. The minimum atomic E-state index is 0.619. The highest BCUT2D eigenvalue weighted by molar-refractivity contribution is 5.17. The molecule has 1 aliphatic rings. The topological polar surface area (TPSA) is 17.0 Å². The van der Waals surface area contributed by atoms with Crippen molar-refractivity contribution in [2.24, 2.45) is 0 Å². The Bertz CT molecular complexity index is 263. The summed E-state index contributed by atoms with van der Waals surface area (Å²) in [5, 5.41) is 3.38. The Morgan fingerprint density at radius 3 is 3.09 bits per heavy atom. The van der Waals surface area contributed by atoms with Gasteiger partial charge in [0.05, 0.1) is 0 Å². The van der Waals surface area contributed by atoms with Crippen molar-refractivity contribution in [1.82, 2.24) is 9.88 Å². The van der Waals surface area contributed by atoms with E-state index in [1.54, 1.807) is 0 Å². The van der Waals surface area contributed by atoms with Gasteiger partial charge in [-0.05, 0) is 26.0 Å². The third-order valence-corrected chi connectivity index (χ3v) is 2.39. The van der Waals surface area contributed by atoms with Crippen LogP contribution in [0.15, 0.2) is 12.1 Å². The molecule has 2 nitrogen and oxygen atoms in total. The highest BCUT2D eigenvalue weighted by Gasteiger charge is 2.15. The first-order chi connectivity index (χ1) is 5.29. The Hall–Kier alpha value is -0.760. The Balaban J connectivity index is 2.48. The lowest BCUT2D eigenvalue weighted by Gasteiger charge is -2.25. The van der Waals surface area contributed by atoms with Gasteiger partial charge in [0, 0.05) is 30.5 Å². The molecule has 0 saturated carbocycles. The normalized spacial score (nSPS) is 23.3. The van der Waals surface area contributed by atoms with Crippen molar-refractivity contribution in [1.29, 1.82) is 0 Å². The number of hydrogen-bond acceptors (Lipinski definition) is 1. The molecule has 0 aromatic carbocycles. The van der Waals surface area contributed by atoms with Crippen molar-refractivity contribution in [3.05, 3.63) is 23.5 Å². The van der Waals surface area contributed by atoms with Gasteiger partial charge in [0.2, 0.25) is 0 Å². The SMILES string of the molecule is Cc1ccc2n1[C@@H](C)CNC2. The number of hydrogen-bond donors (Lipinski definition) is 1. The van der Waals surface area contributed by atoms with Gasteiger partial charge in [-0.15, -0.1) is 0 Å². The first kappa shape index (κ1) is 6.92. The lowest BCUT2D eigenvalue weighted by atomic mass is 10.2. The molecular formula is C9H14N2. The fourth-order valence-corrected chi connectivity index (χ4v) is 1.88. The molecule has 2 heteroatoms. The lowest BCUT2D eigenvalue weighted by Crippen LogP contribution is -2.31. The van der Waals surface area contributed by atoms with Gasteiger partial charge in [0.25, 0.3) is 0 Å². The zero-order chi connectivity index (χ0) is 7.84. The average molecular weight is 150 g/mol. The number of aryl methyl sites for hydroxylation is 1. The largest absolute Gasteiger partial charge is 0.344 e. The van der Waals surface area contributed by atoms with Crippen molar-refractivity contribution < 1.29 is 0 Å². The van der Waals surface area contributed by atoms with Crippen LogP contribution in [0.1, 0.15) is 24.4 Å². The molecule has 2 rings (SSSR count). The van der Waals surface area contributed by atoms with Crippen molar-refractivity contribution in [2.75, 3.05) is 6.54 Å². The summed E-state index contributed by atoms with van der Waals surface area (Å²) < 4.78 is 2.41. The molecule has 60 valence electrons. The summed E-state index contributed by atoms with van der Waals surface area (Å²) in [5.41, 5.74) is 2.80. The third-order valence-electron chi connectivity index (χ3n) is 2.39. The van der Waals surface area contributed by atoms with Crippen LogP contribution in [0.3, 0.4) is 0 Å². The fourth-order valence-electron chi connectivity index (χ4n) is 1.88. The summed E-state index contributed by atoms with van der Waals surface area (Å²) in [6.45, 7) is 6.55. The fraction of sp³-hybridized carbons (Fsp3) is 0.556. The maximum atomic E-state index is 3.38. The number of aromatic nitrogens is 1. The summed E-state index contributed by atoms with van der Waals surface area (Å²) in [4.78, 5) is 0. The zero-order valence-corrected chi connectivity index (χ0v) is 7.09. The first-order valence-electron chi connectivity index (χ1n) is 4.16. The molecule has 1 aromatic heterocycles. The van der Waals surface area contributed by atoms with E-state index >= 15 is 0 Å². The van der Waals surface area contributed by atoms with E-state index in [0.29, 0.717) is 6.04 Å². The molecule has 0 amide bonds. The second-order valence-corrected chi connectivity index (χ2v) is 3.32. The van der Waals surface area contributed by atoms with Gasteiger partial charge in [-0.2, -0.15) is 0 Å². The van der Waals surface area contributed by atoms with Crippen LogP contribution >= 0.6 is 0 Å². The second kappa shape index (κ2) is 2.38. The molecule has 0 spiro atoms. The summed E-state index contributed by atoms with van der Waals surface area (Å²) in [5.74, 6) is 0. The van der Waals surface area contributed by atoms with Crippen LogP contribution in [0.2, 0.25) is 0 Å². The van der Waals surface area contributed by atoms with Crippen LogP contribution in [0.4, 0.5) is 0 Å². The monoisotopic (exact) mass is 150 g/mol. The van der Waals surface area contributed by atoms with Gasteiger partial charge < -0.3 is 9.88 Å². The van der Waals surface area contributed by atoms with E-state index < -0.39 is 0 Å². The Morgan fingerprint density at radius 1 is 1.55 bits per heavy atom. The molecule has 0 bridgehead atoms.